The molecule has 180 valence electrons. The van der Waals surface area contributed by atoms with E-state index in [1.54, 1.807) is 30.3 Å². The van der Waals surface area contributed by atoms with Crippen molar-refractivity contribution in [3.8, 4) is 0 Å². The summed E-state index contributed by atoms with van der Waals surface area (Å²) < 4.78 is 43.6. The molecule has 0 radical (unpaired) electrons. The molecule has 0 saturated carbocycles. The lowest BCUT2D eigenvalue weighted by molar-refractivity contribution is -0.0514. The number of allylic oxidation sites excluding steroid dienone is 1. The van der Waals surface area contributed by atoms with E-state index in [-0.39, 0.29) is 29.4 Å². The van der Waals surface area contributed by atoms with Crippen LogP contribution in [0, 0.1) is 5.82 Å². The molecule has 4 rings (SSSR count). The van der Waals surface area contributed by atoms with Crippen molar-refractivity contribution in [1.29, 1.82) is 0 Å². The number of pyridine rings is 1. The highest BCUT2D eigenvalue weighted by Gasteiger charge is 2.43. The average Bonchev–Trinajstić information content (AvgIpc) is 3.34. The van der Waals surface area contributed by atoms with Crippen LogP contribution in [0.15, 0.2) is 77.9 Å². The number of halogens is 4. The van der Waals surface area contributed by atoms with E-state index in [0.29, 0.717) is 11.3 Å². The second kappa shape index (κ2) is 10.4. The maximum absolute atomic E-state index is 15.2. The molecule has 0 spiro atoms. The van der Waals surface area contributed by atoms with Crippen molar-refractivity contribution in [3.05, 3.63) is 106 Å². The van der Waals surface area contributed by atoms with Gasteiger partial charge in [0.25, 0.3) is 5.91 Å². The van der Waals surface area contributed by atoms with Crippen molar-refractivity contribution in [1.82, 2.24) is 10.3 Å². The summed E-state index contributed by atoms with van der Waals surface area (Å²) in [7, 11) is 0. The van der Waals surface area contributed by atoms with Crippen LogP contribution >= 0.6 is 11.6 Å². The first kappa shape index (κ1) is 24.6. The average molecular weight is 500 g/mol. The van der Waals surface area contributed by atoms with Crippen molar-refractivity contribution < 1.29 is 23.1 Å². The number of aliphatic hydroxyl groups excluding tert-OH is 1. The number of rotatable bonds is 8. The lowest BCUT2D eigenvalue weighted by atomic mass is 9.98. The van der Waals surface area contributed by atoms with Gasteiger partial charge in [0.1, 0.15) is 17.6 Å². The van der Waals surface area contributed by atoms with Crippen LogP contribution in [0.4, 0.5) is 13.2 Å². The Morgan fingerprint density at radius 1 is 1.11 bits per heavy atom. The monoisotopic (exact) mass is 499 g/mol. The Morgan fingerprint density at radius 2 is 1.89 bits per heavy atom. The van der Waals surface area contributed by atoms with Crippen molar-refractivity contribution >= 4 is 28.8 Å². The van der Waals surface area contributed by atoms with Crippen LogP contribution in [0.5, 0.6) is 0 Å². The number of hydrogen-bond donors (Lipinski definition) is 2. The van der Waals surface area contributed by atoms with E-state index < -0.39 is 30.2 Å². The van der Waals surface area contributed by atoms with E-state index in [0.717, 1.165) is 17.2 Å². The molecule has 0 aliphatic carbocycles. The van der Waals surface area contributed by atoms with E-state index in [4.69, 9.17) is 11.6 Å². The van der Waals surface area contributed by atoms with Gasteiger partial charge in [-0.05, 0) is 60.0 Å². The standard InChI is InChI=1S/C26H21ClF3N3O2/c27-20-5-3-4-19(24(20)21-14-17(15-32-21)16-7-9-18(28)10-8-16)25(35)33-23(11-13-34)26(29,30)22-6-1-2-12-31-22/h1-10,12,14,23,34H,11,13,15H2,(H,33,35)/t23-/m0/s1. The van der Waals surface area contributed by atoms with Gasteiger partial charge in [0.15, 0.2) is 0 Å². The first-order valence-corrected chi connectivity index (χ1v) is 11.2. The number of carbonyl (C=O) groups is 1. The number of aliphatic hydroxyl groups is 1. The lowest BCUT2D eigenvalue weighted by Gasteiger charge is -2.27. The number of aliphatic imine (C=N–C) groups is 1. The smallest absolute Gasteiger partial charge is 0.309 e. The van der Waals surface area contributed by atoms with Gasteiger partial charge in [-0.15, -0.1) is 0 Å². The molecule has 0 saturated heterocycles. The molecule has 2 heterocycles. The summed E-state index contributed by atoms with van der Waals surface area (Å²) in [6.45, 7) is -0.273. The molecule has 1 amide bonds. The highest BCUT2D eigenvalue weighted by atomic mass is 35.5. The van der Waals surface area contributed by atoms with E-state index in [2.05, 4.69) is 15.3 Å². The first-order chi connectivity index (χ1) is 16.8. The van der Waals surface area contributed by atoms with Gasteiger partial charge in [-0.2, -0.15) is 8.78 Å². The Balaban J connectivity index is 1.64. The van der Waals surface area contributed by atoms with Crippen LogP contribution in [-0.2, 0) is 5.92 Å². The molecule has 2 aromatic carbocycles. The Labute approximate surface area is 205 Å². The SMILES string of the molecule is O=C(N[C@@H](CCO)C(F)(F)c1ccccn1)c1cccc(Cl)c1C1=NCC(c2ccc(F)cc2)=C1. The van der Waals surface area contributed by atoms with Gasteiger partial charge in [0.05, 0.1) is 22.8 Å². The predicted molar refractivity (Wildman–Crippen MR) is 128 cm³/mol. The van der Waals surface area contributed by atoms with E-state index in [1.165, 1.54) is 36.5 Å². The molecule has 1 aromatic heterocycles. The Morgan fingerprint density at radius 3 is 2.57 bits per heavy atom. The minimum atomic E-state index is -3.53. The van der Waals surface area contributed by atoms with Gasteiger partial charge >= 0.3 is 5.92 Å². The summed E-state index contributed by atoms with van der Waals surface area (Å²) in [5, 5.41) is 12.0. The van der Waals surface area contributed by atoms with Crippen LogP contribution in [0.1, 0.15) is 33.6 Å². The zero-order valence-electron chi connectivity index (χ0n) is 18.4. The van der Waals surface area contributed by atoms with Crippen molar-refractivity contribution in [2.75, 3.05) is 13.2 Å². The predicted octanol–water partition coefficient (Wildman–Crippen LogP) is 5.03. The van der Waals surface area contributed by atoms with Gasteiger partial charge in [0, 0.05) is 18.4 Å². The third kappa shape index (κ3) is 5.28. The summed E-state index contributed by atoms with van der Waals surface area (Å²) in [6.07, 6.45) is 2.58. The molecular weight excluding hydrogens is 479 g/mol. The van der Waals surface area contributed by atoms with Gasteiger partial charge < -0.3 is 10.4 Å². The number of benzene rings is 2. The number of nitrogens with zero attached hydrogens (tertiary/aromatic N) is 2. The maximum atomic E-state index is 15.2. The Bertz CT molecular complexity index is 1280. The topological polar surface area (TPSA) is 74.6 Å². The number of carbonyl (C=O) groups excluding carboxylic acids is 1. The second-order valence-corrected chi connectivity index (χ2v) is 8.32. The molecule has 0 unspecified atom stereocenters. The second-order valence-electron chi connectivity index (χ2n) is 7.92. The zero-order valence-corrected chi connectivity index (χ0v) is 19.1. The van der Waals surface area contributed by atoms with Crippen molar-refractivity contribution in [2.45, 2.75) is 18.4 Å². The number of amides is 1. The summed E-state index contributed by atoms with van der Waals surface area (Å²) in [4.78, 5) is 21.4. The third-order valence-electron chi connectivity index (χ3n) is 5.63. The fourth-order valence-electron chi connectivity index (χ4n) is 3.84. The minimum absolute atomic E-state index is 0.0626. The summed E-state index contributed by atoms with van der Waals surface area (Å²) in [5.74, 6) is -4.68. The highest BCUT2D eigenvalue weighted by molar-refractivity contribution is 6.37. The number of alkyl halides is 2. The van der Waals surface area contributed by atoms with E-state index in [1.807, 2.05) is 0 Å². The number of nitrogens with one attached hydrogen (secondary N) is 1. The minimum Gasteiger partial charge on any atom is -0.396 e. The molecule has 0 fully saturated rings. The summed E-state index contributed by atoms with van der Waals surface area (Å²) in [5.41, 5.74) is 1.82. The van der Waals surface area contributed by atoms with Crippen LogP contribution in [0.25, 0.3) is 5.57 Å². The quantitative estimate of drug-likeness (QED) is 0.456. The molecule has 5 nitrogen and oxygen atoms in total. The molecule has 2 N–H and O–H groups in total. The van der Waals surface area contributed by atoms with Crippen LogP contribution in [0.2, 0.25) is 5.02 Å². The van der Waals surface area contributed by atoms with Gasteiger partial charge in [0.2, 0.25) is 0 Å². The molecular formula is C26H21ClF3N3O2. The Hall–Kier alpha value is -3.49. The van der Waals surface area contributed by atoms with E-state index in [9.17, 15) is 14.3 Å². The fraction of sp³-hybridized carbons (Fsp3) is 0.192. The molecule has 9 heteroatoms. The van der Waals surface area contributed by atoms with Gasteiger partial charge in [-0.3, -0.25) is 14.8 Å². The molecule has 1 atom stereocenters. The summed E-state index contributed by atoms with van der Waals surface area (Å²) >= 11 is 6.41. The zero-order chi connectivity index (χ0) is 25.0. The van der Waals surface area contributed by atoms with Gasteiger partial charge in [-0.25, -0.2) is 4.39 Å². The van der Waals surface area contributed by atoms with Gasteiger partial charge in [-0.1, -0.05) is 35.9 Å². The van der Waals surface area contributed by atoms with Crippen LogP contribution < -0.4 is 5.32 Å². The molecule has 1 aliphatic heterocycles. The maximum Gasteiger partial charge on any atom is 0.309 e. The Kier molecular flexibility index (Phi) is 7.33. The van der Waals surface area contributed by atoms with Crippen LogP contribution in [0.3, 0.4) is 0 Å². The van der Waals surface area contributed by atoms with E-state index >= 15 is 8.78 Å². The molecule has 1 aliphatic rings. The first-order valence-electron chi connectivity index (χ1n) is 10.8. The third-order valence-corrected chi connectivity index (χ3v) is 5.94. The summed E-state index contributed by atoms with van der Waals surface area (Å²) in [6, 6.07) is 12.9. The number of hydrogen-bond acceptors (Lipinski definition) is 4. The van der Waals surface area contributed by atoms with Crippen LogP contribution in [-0.4, -0.2) is 40.9 Å². The number of aromatic nitrogens is 1. The largest absolute Gasteiger partial charge is 0.396 e. The lowest BCUT2D eigenvalue weighted by Crippen LogP contribution is -2.47. The highest BCUT2D eigenvalue weighted by Crippen LogP contribution is 2.33. The molecule has 0 bridgehead atoms. The van der Waals surface area contributed by atoms with Crippen molar-refractivity contribution in [2.24, 2.45) is 4.99 Å². The fourth-order valence-corrected chi connectivity index (χ4v) is 4.11. The van der Waals surface area contributed by atoms with Crippen molar-refractivity contribution in [3.63, 3.8) is 0 Å². The molecule has 35 heavy (non-hydrogen) atoms. The molecule has 3 aromatic rings. The normalized spacial score (nSPS) is 14.3.